The van der Waals surface area contributed by atoms with Crippen molar-refractivity contribution in [1.29, 1.82) is 0 Å². The van der Waals surface area contributed by atoms with E-state index in [4.69, 9.17) is 0 Å². The molecule has 0 N–H and O–H groups in total. The molecule has 0 saturated heterocycles. The molecule has 20 heavy (non-hydrogen) atoms. The molecule has 3 heteroatoms. The number of halogens is 1. The first kappa shape index (κ1) is 12.9. The summed E-state index contributed by atoms with van der Waals surface area (Å²) in [7, 11) is 0. The fraction of sp³-hybridized carbons (Fsp3) is 0.235. The first-order valence-electron chi connectivity index (χ1n) is 6.77. The molecule has 2 aromatic carbocycles. The summed E-state index contributed by atoms with van der Waals surface area (Å²) in [5.74, 6) is -0.106. The number of benzene rings is 2. The van der Waals surface area contributed by atoms with Crippen LogP contribution in [0.3, 0.4) is 0 Å². The summed E-state index contributed by atoms with van der Waals surface area (Å²) in [6, 6.07) is 12.5. The molecule has 0 radical (unpaired) electrons. The lowest BCUT2D eigenvalue weighted by molar-refractivity contribution is 0.101. The number of fused-ring (bicyclic) bond motifs is 1. The number of nitrogens with zero attached hydrogens (tertiary/aromatic N) is 1. The summed E-state index contributed by atoms with van der Waals surface area (Å²) >= 11 is 0. The number of anilines is 1. The Bertz CT molecular complexity index is 666. The molecule has 1 aliphatic heterocycles. The van der Waals surface area contributed by atoms with Gasteiger partial charge in [-0.2, -0.15) is 0 Å². The number of carbonyl (C=O) groups excluding carboxylic acids is 1. The van der Waals surface area contributed by atoms with E-state index < -0.39 is 0 Å². The molecule has 0 saturated carbocycles. The number of hydrogen-bond acceptors (Lipinski definition) is 2. The third kappa shape index (κ3) is 2.44. The van der Waals surface area contributed by atoms with Crippen molar-refractivity contribution in [2.45, 2.75) is 19.9 Å². The molecule has 1 aliphatic rings. The number of ketones is 1. The van der Waals surface area contributed by atoms with Crippen LogP contribution >= 0.6 is 0 Å². The van der Waals surface area contributed by atoms with Crippen LogP contribution in [0.4, 0.5) is 10.1 Å². The van der Waals surface area contributed by atoms with Crippen LogP contribution in [0.15, 0.2) is 42.5 Å². The van der Waals surface area contributed by atoms with E-state index in [0.717, 1.165) is 29.8 Å². The number of Topliss-reactive ketones (excluding diaryl/α,β-unsaturated/α-hetero) is 1. The van der Waals surface area contributed by atoms with Crippen LogP contribution in [0.1, 0.15) is 28.4 Å². The molecule has 0 bridgehead atoms. The van der Waals surface area contributed by atoms with E-state index in [-0.39, 0.29) is 11.6 Å². The fourth-order valence-electron chi connectivity index (χ4n) is 2.71. The maximum atomic E-state index is 13.2. The molecule has 3 rings (SSSR count). The summed E-state index contributed by atoms with van der Waals surface area (Å²) in [6.07, 6.45) is 0.936. The SMILES string of the molecule is CC(=O)c1ccc2c(c1)CCN2Cc1cccc(F)c1. The summed E-state index contributed by atoms with van der Waals surface area (Å²) in [4.78, 5) is 13.6. The van der Waals surface area contributed by atoms with Gasteiger partial charge in [-0.3, -0.25) is 4.79 Å². The average Bonchev–Trinajstić information content (AvgIpc) is 2.81. The zero-order chi connectivity index (χ0) is 14.1. The van der Waals surface area contributed by atoms with E-state index in [1.165, 1.54) is 11.6 Å². The average molecular weight is 269 g/mol. The van der Waals surface area contributed by atoms with Crippen LogP contribution in [0.2, 0.25) is 0 Å². The van der Waals surface area contributed by atoms with Crippen LogP contribution in [0.5, 0.6) is 0 Å². The predicted octanol–water partition coefficient (Wildman–Crippen LogP) is 3.59. The van der Waals surface area contributed by atoms with Crippen molar-refractivity contribution in [3.05, 3.63) is 65.0 Å². The quantitative estimate of drug-likeness (QED) is 0.794. The van der Waals surface area contributed by atoms with Gasteiger partial charge in [0.05, 0.1) is 0 Å². The van der Waals surface area contributed by atoms with E-state index in [0.29, 0.717) is 6.54 Å². The van der Waals surface area contributed by atoms with Gasteiger partial charge in [0, 0.05) is 24.3 Å². The van der Waals surface area contributed by atoms with Gasteiger partial charge in [0.2, 0.25) is 0 Å². The Hall–Kier alpha value is -2.16. The van der Waals surface area contributed by atoms with E-state index >= 15 is 0 Å². The minimum atomic E-state index is -0.200. The Morgan fingerprint density at radius 2 is 2.10 bits per heavy atom. The molecule has 0 aromatic heterocycles. The van der Waals surface area contributed by atoms with Gasteiger partial charge in [-0.05, 0) is 54.8 Å². The second-order valence-corrected chi connectivity index (χ2v) is 5.20. The van der Waals surface area contributed by atoms with Crippen molar-refractivity contribution in [3.63, 3.8) is 0 Å². The maximum Gasteiger partial charge on any atom is 0.159 e. The molecule has 102 valence electrons. The molecule has 0 unspecified atom stereocenters. The third-order valence-electron chi connectivity index (χ3n) is 3.74. The van der Waals surface area contributed by atoms with Crippen molar-refractivity contribution in [2.24, 2.45) is 0 Å². The Balaban J connectivity index is 1.84. The van der Waals surface area contributed by atoms with Crippen molar-refractivity contribution < 1.29 is 9.18 Å². The lowest BCUT2D eigenvalue weighted by Crippen LogP contribution is -2.19. The lowest BCUT2D eigenvalue weighted by Gasteiger charge is -2.19. The van der Waals surface area contributed by atoms with Gasteiger partial charge in [0.1, 0.15) is 5.82 Å². The molecule has 1 heterocycles. The highest BCUT2D eigenvalue weighted by molar-refractivity contribution is 5.94. The van der Waals surface area contributed by atoms with Crippen LogP contribution < -0.4 is 4.90 Å². The highest BCUT2D eigenvalue weighted by Gasteiger charge is 2.20. The molecular formula is C17H16FNO. The van der Waals surface area contributed by atoms with Crippen molar-refractivity contribution >= 4 is 11.5 Å². The summed E-state index contributed by atoms with van der Waals surface area (Å²) < 4.78 is 13.2. The van der Waals surface area contributed by atoms with Crippen molar-refractivity contribution in [1.82, 2.24) is 0 Å². The van der Waals surface area contributed by atoms with Crippen LogP contribution in [0.25, 0.3) is 0 Å². The summed E-state index contributed by atoms with van der Waals surface area (Å²) in [6.45, 7) is 3.19. The maximum absolute atomic E-state index is 13.2. The van der Waals surface area contributed by atoms with E-state index in [1.54, 1.807) is 19.1 Å². The van der Waals surface area contributed by atoms with E-state index in [1.807, 2.05) is 24.3 Å². The molecule has 2 nitrogen and oxygen atoms in total. The smallest absolute Gasteiger partial charge is 0.159 e. The van der Waals surface area contributed by atoms with Gasteiger partial charge in [-0.15, -0.1) is 0 Å². The standard InChI is InChI=1S/C17H16FNO/c1-12(20)14-5-6-17-15(10-14)7-8-19(17)11-13-3-2-4-16(18)9-13/h2-6,9-10H,7-8,11H2,1H3. The number of rotatable bonds is 3. The molecule has 0 amide bonds. The largest absolute Gasteiger partial charge is 0.367 e. The van der Waals surface area contributed by atoms with Gasteiger partial charge in [-0.1, -0.05) is 12.1 Å². The Morgan fingerprint density at radius 1 is 1.25 bits per heavy atom. The zero-order valence-corrected chi connectivity index (χ0v) is 11.4. The number of carbonyl (C=O) groups is 1. The molecule has 2 aromatic rings. The molecule has 0 fully saturated rings. The first-order chi connectivity index (χ1) is 9.63. The van der Waals surface area contributed by atoms with Gasteiger partial charge in [-0.25, -0.2) is 4.39 Å². The van der Waals surface area contributed by atoms with Crippen molar-refractivity contribution in [2.75, 3.05) is 11.4 Å². The third-order valence-corrected chi connectivity index (χ3v) is 3.74. The van der Waals surface area contributed by atoms with E-state index in [2.05, 4.69) is 4.90 Å². The molecule has 0 atom stereocenters. The highest BCUT2D eigenvalue weighted by Crippen LogP contribution is 2.30. The van der Waals surface area contributed by atoms with Gasteiger partial charge >= 0.3 is 0 Å². The Kier molecular flexibility index (Phi) is 3.26. The normalized spacial score (nSPS) is 13.4. The predicted molar refractivity (Wildman–Crippen MR) is 77.6 cm³/mol. The van der Waals surface area contributed by atoms with Gasteiger partial charge in [0.25, 0.3) is 0 Å². The second kappa shape index (κ2) is 5.08. The minimum absolute atomic E-state index is 0.0939. The number of hydrogen-bond donors (Lipinski definition) is 0. The summed E-state index contributed by atoms with van der Waals surface area (Å²) in [5, 5.41) is 0. The van der Waals surface area contributed by atoms with Crippen LogP contribution in [0, 0.1) is 5.82 Å². The van der Waals surface area contributed by atoms with Gasteiger partial charge in [0.15, 0.2) is 5.78 Å². The highest BCUT2D eigenvalue weighted by atomic mass is 19.1. The lowest BCUT2D eigenvalue weighted by atomic mass is 10.1. The Labute approximate surface area is 117 Å². The molecule has 0 aliphatic carbocycles. The fourth-order valence-corrected chi connectivity index (χ4v) is 2.71. The Morgan fingerprint density at radius 3 is 2.85 bits per heavy atom. The van der Waals surface area contributed by atoms with Crippen LogP contribution in [-0.4, -0.2) is 12.3 Å². The zero-order valence-electron chi connectivity index (χ0n) is 11.4. The van der Waals surface area contributed by atoms with E-state index in [9.17, 15) is 9.18 Å². The van der Waals surface area contributed by atoms with Gasteiger partial charge < -0.3 is 4.90 Å². The van der Waals surface area contributed by atoms with Crippen molar-refractivity contribution in [3.8, 4) is 0 Å². The topological polar surface area (TPSA) is 20.3 Å². The second-order valence-electron chi connectivity index (χ2n) is 5.20. The first-order valence-corrected chi connectivity index (χ1v) is 6.77. The summed E-state index contributed by atoms with van der Waals surface area (Å²) in [5.41, 5.74) is 4.08. The monoisotopic (exact) mass is 269 g/mol. The minimum Gasteiger partial charge on any atom is -0.367 e. The molecular weight excluding hydrogens is 253 g/mol. The van der Waals surface area contributed by atoms with Crippen LogP contribution in [-0.2, 0) is 13.0 Å². The molecule has 0 spiro atoms.